The minimum atomic E-state index is 0.162. The molecule has 1 aromatic heterocycles. The highest BCUT2D eigenvalue weighted by Crippen LogP contribution is 2.28. The van der Waals surface area contributed by atoms with Gasteiger partial charge in [-0.3, -0.25) is 9.48 Å². The fraction of sp³-hybridized carbons (Fsp3) is 0.778. The summed E-state index contributed by atoms with van der Waals surface area (Å²) in [5.74, 6) is 0.162. The average molecular weight is 318 g/mol. The lowest BCUT2D eigenvalue weighted by molar-refractivity contribution is 0.0715. The quantitative estimate of drug-likeness (QED) is 0.855. The number of carbonyl (C=O) groups excluding carboxylic acids is 1. The molecule has 0 N–H and O–H groups in total. The Bertz CT molecular complexity index is 558. The first-order chi connectivity index (χ1) is 11.1. The van der Waals surface area contributed by atoms with Crippen molar-refractivity contribution in [3.05, 3.63) is 17.0 Å². The van der Waals surface area contributed by atoms with Crippen LogP contribution in [0.4, 0.5) is 0 Å². The van der Waals surface area contributed by atoms with Gasteiger partial charge in [-0.1, -0.05) is 6.92 Å². The van der Waals surface area contributed by atoms with Crippen LogP contribution in [0.3, 0.4) is 0 Å². The van der Waals surface area contributed by atoms with E-state index in [0.29, 0.717) is 6.04 Å². The number of hydrogen-bond donors (Lipinski definition) is 0. The van der Waals surface area contributed by atoms with Crippen molar-refractivity contribution < 1.29 is 4.79 Å². The number of fused-ring (bicyclic) bond motifs is 1. The molecule has 2 heterocycles. The molecular weight excluding hydrogens is 288 g/mol. The molecular formula is C18H30N4O. The smallest absolute Gasteiger partial charge is 0.274 e. The molecule has 1 aliphatic carbocycles. The third-order valence-electron chi connectivity index (χ3n) is 5.33. The highest BCUT2D eigenvalue weighted by molar-refractivity contribution is 5.94. The van der Waals surface area contributed by atoms with E-state index in [1.165, 1.54) is 17.7 Å². The molecule has 1 amide bonds. The van der Waals surface area contributed by atoms with E-state index in [2.05, 4.69) is 30.6 Å². The Labute approximate surface area is 139 Å². The summed E-state index contributed by atoms with van der Waals surface area (Å²) < 4.78 is 2.11. The number of amides is 1. The molecule has 1 aromatic rings. The van der Waals surface area contributed by atoms with Crippen LogP contribution < -0.4 is 0 Å². The van der Waals surface area contributed by atoms with Crippen LogP contribution in [0.1, 0.15) is 60.8 Å². The summed E-state index contributed by atoms with van der Waals surface area (Å²) in [5.41, 5.74) is 3.27. The van der Waals surface area contributed by atoms with Crippen LogP contribution >= 0.6 is 0 Å². The van der Waals surface area contributed by atoms with E-state index in [-0.39, 0.29) is 5.91 Å². The van der Waals surface area contributed by atoms with Gasteiger partial charge in [-0.15, -0.1) is 0 Å². The lowest BCUT2D eigenvalue weighted by Gasteiger charge is -2.30. The van der Waals surface area contributed by atoms with Gasteiger partial charge in [0, 0.05) is 36.9 Å². The predicted molar refractivity (Wildman–Crippen MR) is 91.8 cm³/mol. The topological polar surface area (TPSA) is 41.4 Å². The van der Waals surface area contributed by atoms with Gasteiger partial charge in [0.25, 0.3) is 5.91 Å². The van der Waals surface area contributed by atoms with Crippen LogP contribution in [0.25, 0.3) is 0 Å². The monoisotopic (exact) mass is 318 g/mol. The summed E-state index contributed by atoms with van der Waals surface area (Å²) in [4.78, 5) is 17.3. The Morgan fingerprint density at radius 3 is 2.65 bits per heavy atom. The molecule has 128 valence electrons. The van der Waals surface area contributed by atoms with Gasteiger partial charge in [0.05, 0.1) is 0 Å². The van der Waals surface area contributed by atoms with Gasteiger partial charge >= 0.3 is 0 Å². The first-order valence-corrected chi connectivity index (χ1v) is 9.16. The van der Waals surface area contributed by atoms with E-state index >= 15 is 0 Å². The van der Waals surface area contributed by atoms with Gasteiger partial charge in [0.15, 0.2) is 5.69 Å². The normalized spacial score (nSPS) is 21.6. The van der Waals surface area contributed by atoms with Crippen LogP contribution in [0.2, 0.25) is 0 Å². The Kier molecular flexibility index (Phi) is 5.05. The van der Waals surface area contributed by atoms with Gasteiger partial charge in [-0.2, -0.15) is 5.10 Å². The van der Waals surface area contributed by atoms with Crippen molar-refractivity contribution in [2.24, 2.45) is 0 Å². The number of hydrogen-bond acceptors (Lipinski definition) is 3. The second kappa shape index (κ2) is 7.04. The third kappa shape index (κ3) is 3.30. The maximum absolute atomic E-state index is 13.0. The molecule has 0 aromatic carbocycles. The van der Waals surface area contributed by atoms with E-state index in [4.69, 9.17) is 5.10 Å². The Hall–Kier alpha value is -1.36. The van der Waals surface area contributed by atoms with Gasteiger partial charge < -0.3 is 9.80 Å². The zero-order valence-corrected chi connectivity index (χ0v) is 14.8. The van der Waals surface area contributed by atoms with Crippen molar-refractivity contribution in [3.8, 4) is 0 Å². The number of rotatable bonds is 4. The maximum Gasteiger partial charge on any atom is 0.274 e. The molecule has 1 aliphatic heterocycles. The number of piperidine rings is 1. The maximum atomic E-state index is 13.0. The van der Waals surface area contributed by atoms with E-state index in [1.807, 2.05) is 4.90 Å². The highest BCUT2D eigenvalue weighted by Gasteiger charge is 2.31. The largest absolute Gasteiger partial charge is 0.337 e. The van der Waals surface area contributed by atoms with Crippen molar-refractivity contribution in [1.29, 1.82) is 0 Å². The molecule has 1 unspecified atom stereocenters. The molecule has 5 nitrogen and oxygen atoms in total. The molecule has 2 aliphatic rings. The van der Waals surface area contributed by atoms with Crippen molar-refractivity contribution in [3.63, 3.8) is 0 Å². The second-order valence-corrected chi connectivity index (χ2v) is 7.21. The Morgan fingerprint density at radius 2 is 2.00 bits per heavy atom. The molecule has 0 bridgehead atoms. The summed E-state index contributed by atoms with van der Waals surface area (Å²) in [6.07, 6.45) is 7.72. The predicted octanol–water partition coefficient (Wildman–Crippen LogP) is 2.34. The Balaban J connectivity index is 1.91. The van der Waals surface area contributed by atoms with Crippen LogP contribution in [-0.4, -0.2) is 58.7 Å². The van der Waals surface area contributed by atoms with Crippen molar-refractivity contribution in [1.82, 2.24) is 19.6 Å². The minimum Gasteiger partial charge on any atom is -0.337 e. The van der Waals surface area contributed by atoms with Crippen LogP contribution in [0.5, 0.6) is 0 Å². The molecule has 1 saturated heterocycles. The average Bonchev–Trinajstić information content (AvgIpc) is 2.93. The van der Waals surface area contributed by atoms with Gasteiger partial charge in [-0.05, 0) is 59.0 Å². The molecule has 5 heteroatoms. The lowest BCUT2D eigenvalue weighted by atomic mass is 9.90. The number of likely N-dealkylation sites (N-methyl/N-ethyl adjacent to an activating group) is 1. The number of carbonyl (C=O) groups is 1. The summed E-state index contributed by atoms with van der Waals surface area (Å²) >= 11 is 0. The third-order valence-corrected chi connectivity index (χ3v) is 5.33. The van der Waals surface area contributed by atoms with E-state index < -0.39 is 0 Å². The number of likely N-dealkylation sites (tertiary alicyclic amines) is 1. The van der Waals surface area contributed by atoms with Crippen LogP contribution in [-0.2, 0) is 19.4 Å². The van der Waals surface area contributed by atoms with E-state index in [0.717, 1.165) is 63.9 Å². The van der Waals surface area contributed by atoms with Crippen molar-refractivity contribution in [2.45, 2.75) is 64.5 Å². The molecule has 0 radical (unpaired) electrons. The van der Waals surface area contributed by atoms with Gasteiger partial charge in [0.1, 0.15) is 0 Å². The molecule has 1 atom stereocenters. The van der Waals surface area contributed by atoms with Crippen LogP contribution in [0.15, 0.2) is 0 Å². The fourth-order valence-corrected chi connectivity index (χ4v) is 3.93. The minimum absolute atomic E-state index is 0.162. The summed E-state index contributed by atoms with van der Waals surface area (Å²) in [6.45, 7) is 4.88. The van der Waals surface area contributed by atoms with Gasteiger partial charge in [0.2, 0.25) is 0 Å². The molecule has 0 spiro atoms. The number of nitrogens with zero attached hydrogens (tertiary/aromatic N) is 4. The Morgan fingerprint density at radius 1 is 1.26 bits per heavy atom. The van der Waals surface area contributed by atoms with Crippen molar-refractivity contribution >= 4 is 5.91 Å². The number of aryl methyl sites for hydroxylation is 1. The summed E-state index contributed by atoms with van der Waals surface area (Å²) in [5, 5.41) is 4.76. The van der Waals surface area contributed by atoms with Crippen LogP contribution in [0, 0.1) is 0 Å². The molecule has 3 rings (SSSR count). The summed E-state index contributed by atoms with van der Waals surface area (Å²) in [6, 6.07) is 0.523. The second-order valence-electron chi connectivity index (χ2n) is 7.21. The fourth-order valence-electron chi connectivity index (χ4n) is 3.93. The van der Waals surface area contributed by atoms with E-state index in [1.54, 1.807) is 0 Å². The standard InChI is InChI=1S/C18H30N4O/c1-4-10-22-16-9-8-14(20(2)3)13-15(16)17(19-22)18(23)21-11-6-5-7-12-21/h14H,4-13H2,1-3H3. The number of aromatic nitrogens is 2. The summed E-state index contributed by atoms with van der Waals surface area (Å²) in [7, 11) is 4.27. The molecule has 0 saturated carbocycles. The zero-order chi connectivity index (χ0) is 16.4. The van der Waals surface area contributed by atoms with Crippen molar-refractivity contribution in [2.75, 3.05) is 27.2 Å². The first kappa shape index (κ1) is 16.5. The first-order valence-electron chi connectivity index (χ1n) is 9.16. The lowest BCUT2D eigenvalue weighted by Crippen LogP contribution is -2.38. The molecule has 1 fully saturated rings. The SMILES string of the molecule is CCCn1nc(C(=O)N2CCCCC2)c2c1CCC(N(C)C)C2. The van der Waals surface area contributed by atoms with Gasteiger partial charge in [-0.25, -0.2) is 0 Å². The zero-order valence-electron chi connectivity index (χ0n) is 14.8. The highest BCUT2D eigenvalue weighted by atomic mass is 16.2. The van der Waals surface area contributed by atoms with E-state index in [9.17, 15) is 4.79 Å². The molecule has 23 heavy (non-hydrogen) atoms.